The zero-order valence-electron chi connectivity index (χ0n) is 47.4. The van der Waals surface area contributed by atoms with Gasteiger partial charge in [0.1, 0.15) is 11.5 Å². The summed E-state index contributed by atoms with van der Waals surface area (Å²) in [5, 5.41) is 2.84. The monoisotopic (exact) mass is 1160 g/mol. The van der Waals surface area contributed by atoms with E-state index in [2.05, 4.69) is 76.9 Å². The Morgan fingerprint density at radius 3 is 1.10 bits per heavy atom. The van der Waals surface area contributed by atoms with Crippen LogP contribution in [0.1, 0.15) is 86.1 Å². The van der Waals surface area contributed by atoms with Crippen LogP contribution in [0.3, 0.4) is 0 Å². The first kappa shape index (κ1) is 77.0. The van der Waals surface area contributed by atoms with Crippen LogP contribution in [0.5, 0.6) is 11.5 Å². The number of hydrogen-bond acceptors (Lipinski definition) is 13. The molecule has 0 heterocycles. The second-order valence-corrected chi connectivity index (χ2v) is 22.3. The van der Waals surface area contributed by atoms with Crippen molar-refractivity contribution in [2.45, 2.75) is 117 Å². The summed E-state index contributed by atoms with van der Waals surface area (Å²) in [6.07, 6.45) is 0. The molecule has 0 spiro atoms. The van der Waals surface area contributed by atoms with Gasteiger partial charge in [0, 0.05) is 16.2 Å². The van der Waals surface area contributed by atoms with Gasteiger partial charge in [-0.3, -0.25) is 4.55 Å². The van der Waals surface area contributed by atoms with E-state index in [-0.39, 0.29) is 14.7 Å². The van der Waals surface area contributed by atoms with Crippen LogP contribution >= 0.6 is 0 Å². The van der Waals surface area contributed by atoms with Crippen LogP contribution in [-0.2, 0) is 50.2 Å². The number of hydrogen-bond donors (Lipinski definition) is 1. The third kappa shape index (κ3) is 32.0. The quantitative estimate of drug-likeness (QED) is 0.133. The fourth-order valence-electron chi connectivity index (χ4n) is 5.43. The molecule has 19 heteroatoms. The van der Waals surface area contributed by atoms with E-state index in [0.717, 1.165) is 32.9 Å². The fraction of sp³-hybridized carbons (Fsp3) is 0.276. The maximum Gasteiger partial charge on any atom is 0.425 e. The van der Waals surface area contributed by atoms with Crippen molar-refractivity contribution in [2.75, 3.05) is 14.2 Å². The fourth-order valence-corrected chi connectivity index (χ4v) is 8.65. The summed E-state index contributed by atoms with van der Waals surface area (Å²) in [4.78, 5) is 0.729. The van der Waals surface area contributed by atoms with Gasteiger partial charge >= 0.3 is 10.6 Å². The lowest BCUT2D eigenvalue weighted by atomic mass is 10.1. The molecule has 6 aromatic carbocycles. The van der Waals surface area contributed by atoms with Crippen molar-refractivity contribution in [3.05, 3.63) is 214 Å². The number of ether oxygens (including phenoxy) is 2. The van der Waals surface area contributed by atoms with Crippen molar-refractivity contribution in [3.63, 3.8) is 0 Å². The van der Waals surface area contributed by atoms with E-state index >= 15 is 0 Å². The topological polar surface area (TPSA) is 226 Å². The SMILES string of the molecule is C=CS(=O)(=O)c1cc(OC)c(C)cc1C.C=CS(=O)(=O)c1ccc(C)c(OC)c1.C=CS(=O)(=O)c1cccc(C)c1.CC.CC.CC.Cc1ccccc1.Cc1ccccc1C.Cc1ccccc1S(=O)(=O)O.O=S(=O)=O. The van der Waals surface area contributed by atoms with Gasteiger partial charge in [0.15, 0.2) is 29.5 Å². The Balaban J connectivity index is -0.000000406. The largest absolute Gasteiger partial charge is 0.496 e. The van der Waals surface area contributed by atoms with Crippen molar-refractivity contribution in [2.24, 2.45) is 0 Å². The van der Waals surface area contributed by atoms with Gasteiger partial charge in [0.2, 0.25) is 0 Å². The van der Waals surface area contributed by atoms with Crippen molar-refractivity contribution in [3.8, 4) is 11.5 Å². The van der Waals surface area contributed by atoms with Crippen molar-refractivity contribution in [1.82, 2.24) is 0 Å². The minimum atomic E-state index is -4.03. The Morgan fingerprint density at radius 1 is 0.390 bits per heavy atom. The molecule has 0 bridgehead atoms. The van der Waals surface area contributed by atoms with Crippen LogP contribution in [0, 0.1) is 55.4 Å². The first-order valence-electron chi connectivity index (χ1n) is 23.8. The molecule has 426 valence electrons. The van der Waals surface area contributed by atoms with E-state index < -0.39 is 50.2 Å². The Labute approximate surface area is 463 Å². The molecular weight excluding hydrogens is 1080 g/mol. The summed E-state index contributed by atoms with van der Waals surface area (Å²) in [5.74, 6) is 1.13. The van der Waals surface area contributed by atoms with Gasteiger partial charge in [-0.25, -0.2) is 25.3 Å². The molecule has 0 atom stereocenters. The lowest BCUT2D eigenvalue weighted by Gasteiger charge is -2.09. The molecule has 0 saturated carbocycles. The van der Waals surface area contributed by atoms with Crippen molar-refractivity contribution < 1.29 is 60.3 Å². The second kappa shape index (κ2) is 40.7. The van der Waals surface area contributed by atoms with Crippen LogP contribution in [0.25, 0.3) is 0 Å². The Kier molecular flexibility index (Phi) is 40.7. The first-order valence-corrected chi connectivity index (χ1v) is 30.8. The molecule has 0 saturated heterocycles. The molecule has 0 aromatic heterocycles. The molecule has 0 unspecified atom stereocenters. The van der Waals surface area contributed by atoms with Gasteiger partial charge in [-0.2, -0.15) is 8.42 Å². The lowest BCUT2D eigenvalue weighted by molar-refractivity contribution is 0.410. The van der Waals surface area contributed by atoms with Crippen LogP contribution in [0.4, 0.5) is 0 Å². The number of rotatable bonds is 9. The zero-order valence-corrected chi connectivity index (χ0v) is 51.4. The number of sulfone groups is 3. The molecule has 0 radical (unpaired) electrons. The van der Waals surface area contributed by atoms with Crippen LogP contribution in [-0.4, -0.2) is 65.1 Å². The summed E-state index contributed by atoms with van der Waals surface area (Å²) >= 11 is 0. The molecule has 6 aromatic rings. The molecule has 6 rings (SSSR count). The number of aryl methyl sites for hydroxylation is 8. The van der Waals surface area contributed by atoms with E-state index in [0.29, 0.717) is 27.5 Å². The van der Waals surface area contributed by atoms with Gasteiger partial charge in [0.05, 0.1) is 33.8 Å². The molecule has 0 fully saturated rings. The first-order chi connectivity index (χ1) is 35.9. The molecule has 14 nitrogen and oxygen atoms in total. The van der Waals surface area contributed by atoms with E-state index in [1.165, 1.54) is 55.2 Å². The minimum Gasteiger partial charge on any atom is -0.496 e. The highest BCUT2D eigenvalue weighted by Crippen LogP contribution is 2.27. The van der Waals surface area contributed by atoms with Gasteiger partial charge in [-0.05, 0) is 131 Å². The summed E-state index contributed by atoms with van der Waals surface area (Å²) in [6.45, 7) is 37.1. The Bertz CT molecular complexity index is 3250. The zero-order chi connectivity index (χ0) is 60.8. The highest BCUT2D eigenvalue weighted by Gasteiger charge is 2.16. The maximum atomic E-state index is 11.6. The lowest BCUT2D eigenvalue weighted by Crippen LogP contribution is -2.00. The summed E-state index contributed by atoms with van der Waals surface area (Å²) in [6, 6.07) is 39.7. The predicted octanol–water partition coefficient (Wildman–Crippen LogP) is 13.7. The minimum absolute atomic E-state index is 0.0278. The van der Waals surface area contributed by atoms with E-state index in [4.69, 9.17) is 26.7 Å². The molecule has 1 N–H and O–H groups in total. The Morgan fingerprint density at radius 2 is 0.766 bits per heavy atom. The molecule has 0 amide bonds. The number of benzene rings is 6. The molecule has 0 aliphatic rings. The smallest absolute Gasteiger partial charge is 0.425 e. The van der Waals surface area contributed by atoms with Crippen LogP contribution in [0.15, 0.2) is 189 Å². The third-order valence-electron chi connectivity index (χ3n) is 9.42. The summed E-state index contributed by atoms with van der Waals surface area (Å²) in [5.41, 5.74) is 8.05. The summed E-state index contributed by atoms with van der Waals surface area (Å²) < 4.78 is 134. The van der Waals surface area contributed by atoms with E-state index in [1.54, 1.807) is 62.4 Å². The van der Waals surface area contributed by atoms with Gasteiger partial charge < -0.3 is 9.47 Å². The van der Waals surface area contributed by atoms with Crippen molar-refractivity contribution in [1.29, 1.82) is 0 Å². The molecule has 0 aliphatic carbocycles. The van der Waals surface area contributed by atoms with Gasteiger partial charge in [0.25, 0.3) is 10.1 Å². The summed E-state index contributed by atoms with van der Waals surface area (Å²) in [7, 11) is -14.1. The van der Waals surface area contributed by atoms with Crippen molar-refractivity contribution >= 4 is 50.2 Å². The van der Waals surface area contributed by atoms with E-state index in [1.807, 2.05) is 86.6 Å². The normalized spacial score (nSPS) is 9.83. The third-order valence-corrected chi connectivity index (χ3v) is 14.6. The highest BCUT2D eigenvalue weighted by molar-refractivity contribution is 7.94. The highest BCUT2D eigenvalue weighted by atomic mass is 32.2. The second-order valence-electron chi connectivity index (χ2n) is 14.9. The molecule has 77 heavy (non-hydrogen) atoms. The Hall–Kier alpha value is -6.48. The van der Waals surface area contributed by atoms with Gasteiger partial charge in [-0.15, -0.1) is 12.6 Å². The maximum absolute atomic E-state index is 11.6. The average Bonchev–Trinajstić information content (AvgIpc) is 3.40. The van der Waals surface area contributed by atoms with Crippen LogP contribution < -0.4 is 9.47 Å². The molecular formula is C58H80O14S5. The molecule has 0 aliphatic heterocycles. The predicted molar refractivity (Wildman–Crippen MR) is 315 cm³/mol. The van der Waals surface area contributed by atoms with Gasteiger partial charge in [-0.1, -0.05) is 164 Å². The number of methoxy groups -OCH3 is 2. The van der Waals surface area contributed by atoms with Crippen LogP contribution in [0.2, 0.25) is 0 Å². The average molecular weight is 1160 g/mol. The van der Waals surface area contributed by atoms with E-state index in [9.17, 15) is 33.7 Å². The standard InChI is InChI=1S/C11H14O3S.C10H12O3S.C9H10O2S.C8H10.C7H8O3S.C7H8.3C2H6.O3S/c1-5-15(12,13)11-7-10(14-4)8(2)6-9(11)3;1-4-14(11,12)9-6-5-8(2)10(7-9)13-3;1-3-12(10,11)9-6-4-5-8(2)7-9;1-7-5-3-4-6-8(7)2;1-6-4-2-3-5-7(6)11(8,9)10;1-7-5-3-2-4-6-7;3*1-2;1-4(2)3/h5-7H,1H2,2-4H3;4-7H,1H2,2-3H3;3-7H,1H2,2H3;3-6H,1-2H3;2-5H,1H3,(H,8,9,10);2-6H,1H3;3*1-2H3;.